The van der Waals surface area contributed by atoms with Crippen molar-refractivity contribution in [2.45, 2.75) is 45.3 Å². The molecule has 0 saturated carbocycles. The van der Waals surface area contributed by atoms with Crippen LogP contribution in [0.5, 0.6) is 0 Å². The number of hydrogen-bond donors (Lipinski definition) is 1. The SMILES string of the molecule is CC(C)(C)NC(=O)[C@@H](Cc1ccccc1)N(Cc1c(Cl)cccc1Cl)C(=O)CN(c1ccccc1Cl)S(C)(=O)=O. The minimum absolute atomic E-state index is 0.132. The van der Waals surface area contributed by atoms with Crippen LogP contribution in [0.4, 0.5) is 5.69 Å². The van der Waals surface area contributed by atoms with Crippen LogP contribution in [0.25, 0.3) is 0 Å². The van der Waals surface area contributed by atoms with Crippen molar-refractivity contribution in [2.75, 3.05) is 17.1 Å². The zero-order chi connectivity index (χ0) is 29.7. The van der Waals surface area contributed by atoms with Crippen LogP contribution in [-0.2, 0) is 32.6 Å². The molecule has 3 rings (SSSR count). The lowest BCUT2D eigenvalue weighted by Gasteiger charge is -2.35. The standard InChI is InChI=1S/C29H32Cl3N3O4S/c1-29(2,3)33-28(37)26(17-20-11-6-5-7-12-20)34(18-21-22(30)14-10-15-23(21)31)27(36)19-35(40(4,38)39)25-16-9-8-13-24(25)32/h5-16,26H,17-19H2,1-4H3,(H,33,37)/t26-/m1/s1. The number of amides is 2. The first-order valence-electron chi connectivity index (χ1n) is 12.5. The number of anilines is 1. The van der Waals surface area contributed by atoms with Gasteiger partial charge >= 0.3 is 0 Å². The quantitative estimate of drug-likeness (QED) is 0.301. The molecule has 0 radical (unpaired) electrons. The average molecular weight is 625 g/mol. The van der Waals surface area contributed by atoms with E-state index in [9.17, 15) is 18.0 Å². The Morgan fingerprint density at radius 3 is 1.95 bits per heavy atom. The lowest BCUT2D eigenvalue weighted by atomic mass is 10.0. The van der Waals surface area contributed by atoms with Gasteiger partial charge in [0.2, 0.25) is 21.8 Å². The monoisotopic (exact) mass is 623 g/mol. The number of rotatable bonds is 10. The molecule has 11 heteroatoms. The average Bonchev–Trinajstić information content (AvgIpc) is 2.85. The van der Waals surface area contributed by atoms with Crippen LogP contribution in [0.15, 0.2) is 72.8 Å². The first-order valence-corrected chi connectivity index (χ1v) is 15.5. The number of nitrogens with one attached hydrogen (secondary N) is 1. The molecule has 214 valence electrons. The highest BCUT2D eigenvalue weighted by Gasteiger charge is 2.35. The molecule has 7 nitrogen and oxygen atoms in total. The fourth-order valence-electron chi connectivity index (χ4n) is 4.11. The lowest BCUT2D eigenvalue weighted by Crippen LogP contribution is -2.56. The van der Waals surface area contributed by atoms with Gasteiger partial charge in [0.1, 0.15) is 12.6 Å². The number of halogens is 3. The molecule has 0 aliphatic heterocycles. The number of hydrogen-bond acceptors (Lipinski definition) is 4. The second-order valence-electron chi connectivity index (χ2n) is 10.4. The summed E-state index contributed by atoms with van der Waals surface area (Å²) in [6.07, 6.45) is 1.16. The Kier molecular flexibility index (Phi) is 10.5. The van der Waals surface area contributed by atoms with Crippen molar-refractivity contribution in [2.24, 2.45) is 0 Å². The number of sulfonamides is 1. The van der Waals surface area contributed by atoms with E-state index in [0.717, 1.165) is 16.1 Å². The molecule has 0 heterocycles. The Labute approximate surface area is 251 Å². The maximum Gasteiger partial charge on any atom is 0.244 e. The van der Waals surface area contributed by atoms with Crippen molar-refractivity contribution in [3.8, 4) is 0 Å². The zero-order valence-corrected chi connectivity index (χ0v) is 25.8. The van der Waals surface area contributed by atoms with Crippen molar-refractivity contribution < 1.29 is 18.0 Å². The van der Waals surface area contributed by atoms with Crippen molar-refractivity contribution in [1.82, 2.24) is 10.2 Å². The van der Waals surface area contributed by atoms with E-state index in [0.29, 0.717) is 15.6 Å². The Bertz CT molecular complexity index is 1440. The van der Waals surface area contributed by atoms with Gasteiger partial charge in [0.05, 0.1) is 17.0 Å². The summed E-state index contributed by atoms with van der Waals surface area (Å²) in [5.41, 5.74) is 0.795. The van der Waals surface area contributed by atoms with Gasteiger partial charge in [-0.05, 0) is 50.6 Å². The fraction of sp³-hybridized carbons (Fsp3) is 0.310. The second kappa shape index (κ2) is 13.3. The van der Waals surface area contributed by atoms with E-state index in [1.165, 1.54) is 17.0 Å². The highest BCUT2D eigenvalue weighted by molar-refractivity contribution is 7.92. The molecule has 3 aromatic rings. The normalized spacial score (nSPS) is 12.5. The predicted octanol–water partition coefficient (Wildman–Crippen LogP) is 5.97. The maximum atomic E-state index is 14.1. The van der Waals surface area contributed by atoms with Crippen LogP contribution < -0.4 is 9.62 Å². The molecule has 0 aliphatic rings. The molecular weight excluding hydrogens is 593 g/mol. The van der Waals surface area contributed by atoms with Crippen LogP contribution in [0.2, 0.25) is 15.1 Å². The van der Waals surface area contributed by atoms with E-state index >= 15 is 0 Å². The van der Waals surface area contributed by atoms with Gasteiger partial charge in [-0.3, -0.25) is 13.9 Å². The number of carbonyl (C=O) groups is 2. The number of benzene rings is 3. The molecule has 0 spiro atoms. The largest absolute Gasteiger partial charge is 0.350 e. The minimum Gasteiger partial charge on any atom is -0.350 e. The summed E-state index contributed by atoms with van der Waals surface area (Å²) in [5.74, 6) is -1.04. The van der Waals surface area contributed by atoms with Crippen LogP contribution in [-0.4, -0.2) is 49.5 Å². The zero-order valence-electron chi connectivity index (χ0n) is 22.7. The van der Waals surface area contributed by atoms with Gasteiger partial charge in [0.15, 0.2) is 0 Å². The van der Waals surface area contributed by atoms with E-state index in [1.807, 2.05) is 51.1 Å². The van der Waals surface area contributed by atoms with Gasteiger partial charge in [-0.15, -0.1) is 0 Å². The summed E-state index contributed by atoms with van der Waals surface area (Å²) in [6.45, 7) is 4.78. The van der Waals surface area contributed by atoms with Crippen LogP contribution in [0.1, 0.15) is 31.9 Å². The van der Waals surface area contributed by atoms with E-state index in [4.69, 9.17) is 34.8 Å². The molecule has 1 atom stereocenters. The van der Waals surface area contributed by atoms with Crippen LogP contribution in [0, 0.1) is 0 Å². The molecule has 0 aromatic heterocycles. The maximum absolute atomic E-state index is 14.1. The van der Waals surface area contributed by atoms with E-state index in [-0.39, 0.29) is 23.7 Å². The third kappa shape index (κ3) is 8.61. The summed E-state index contributed by atoms with van der Waals surface area (Å²) in [6, 6.07) is 19.5. The molecule has 3 aromatic carbocycles. The van der Waals surface area contributed by atoms with Crippen LogP contribution in [0.3, 0.4) is 0 Å². The summed E-state index contributed by atoms with van der Waals surface area (Å²) >= 11 is 19.3. The smallest absolute Gasteiger partial charge is 0.244 e. The third-order valence-electron chi connectivity index (χ3n) is 5.96. The predicted molar refractivity (Wildman–Crippen MR) is 162 cm³/mol. The Morgan fingerprint density at radius 1 is 0.850 bits per heavy atom. The van der Waals surface area contributed by atoms with Crippen molar-refractivity contribution in [3.63, 3.8) is 0 Å². The fourth-order valence-corrected chi connectivity index (χ4v) is 5.78. The first kappa shape index (κ1) is 31.7. The minimum atomic E-state index is -3.94. The van der Waals surface area contributed by atoms with Gasteiger partial charge in [-0.25, -0.2) is 8.42 Å². The lowest BCUT2D eigenvalue weighted by molar-refractivity contribution is -0.140. The molecule has 1 N–H and O–H groups in total. The van der Waals surface area contributed by atoms with E-state index < -0.39 is 40.0 Å². The van der Waals surface area contributed by atoms with Gasteiger partial charge < -0.3 is 10.2 Å². The third-order valence-corrected chi connectivity index (χ3v) is 8.11. The van der Waals surface area contributed by atoms with E-state index in [2.05, 4.69) is 5.32 Å². The van der Waals surface area contributed by atoms with Gasteiger partial charge in [0, 0.05) is 34.1 Å². The van der Waals surface area contributed by atoms with Crippen molar-refractivity contribution in [1.29, 1.82) is 0 Å². The summed E-state index contributed by atoms with van der Waals surface area (Å²) in [5, 5.41) is 3.74. The van der Waals surface area contributed by atoms with E-state index in [1.54, 1.807) is 30.3 Å². The van der Waals surface area contributed by atoms with Gasteiger partial charge in [-0.1, -0.05) is 83.3 Å². The Hall–Kier alpha value is -2.78. The Morgan fingerprint density at radius 2 is 1.40 bits per heavy atom. The summed E-state index contributed by atoms with van der Waals surface area (Å²) in [7, 11) is -3.94. The Balaban J connectivity index is 2.13. The molecule has 40 heavy (non-hydrogen) atoms. The van der Waals surface area contributed by atoms with Crippen molar-refractivity contribution in [3.05, 3.63) is 99.0 Å². The molecule has 0 fully saturated rings. The molecule has 0 unspecified atom stereocenters. The second-order valence-corrected chi connectivity index (χ2v) is 13.5. The molecular formula is C29H32Cl3N3O4S. The van der Waals surface area contributed by atoms with Gasteiger partial charge in [0.25, 0.3) is 0 Å². The number of carbonyl (C=O) groups excluding carboxylic acids is 2. The van der Waals surface area contributed by atoms with Crippen LogP contribution >= 0.6 is 34.8 Å². The number of para-hydroxylation sites is 1. The van der Waals surface area contributed by atoms with Gasteiger partial charge in [-0.2, -0.15) is 0 Å². The molecule has 2 amide bonds. The highest BCUT2D eigenvalue weighted by Crippen LogP contribution is 2.30. The first-order chi connectivity index (χ1) is 18.7. The molecule has 0 saturated heterocycles. The van der Waals surface area contributed by atoms with Crippen molar-refractivity contribution >= 4 is 62.3 Å². The molecule has 0 aliphatic carbocycles. The summed E-state index contributed by atoms with van der Waals surface area (Å²) < 4.78 is 26.7. The summed E-state index contributed by atoms with van der Waals surface area (Å²) in [4.78, 5) is 29.2. The topological polar surface area (TPSA) is 86.8 Å². The highest BCUT2D eigenvalue weighted by atomic mass is 35.5. The number of nitrogens with zero attached hydrogens (tertiary/aromatic N) is 2. The molecule has 0 bridgehead atoms.